The Morgan fingerprint density at radius 3 is 2.76 bits per heavy atom. The van der Waals surface area contributed by atoms with Crippen LogP contribution < -0.4 is 10.3 Å². The zero-order valence-corrected chi connectivity index (χ0v) is 16.6. The minimum absolute atomic E-state index is 0.0285. The number of hydrogen-bond acceptors (Lipinski definition) is 5. The molecule has 1 aliphatic heterocycles. The molecule has 1 aliphatic rings. The lowest BCUT2D eigenvalue weighted by molar-refractivity contribution is 0.0677. The first kappa shape index (κ1) is 19.1. The van der Waals surface area contributed by atoms with Gasteiger partial charge in [0, 0.05) is 25.4 Å². The zero-order chi connectivity index (χ0) is 20.4. The van der Waals surface area contributed by atoms with Crippen LogP contribution in [-0.4, -0.2) is 44.5 Å². The lowest BCUT2D eigenvalue weighted by atomic mass is 10.0. The summed E-state index contributed by atoms with van der Waals surface area (Å²) in [5.74, 6) is 0.418. The van der Waals surface area contributed by atoms with Gasteiger partial charge in [-0.3, -0.25) is 14.2 Å². The van der Waals surface area contributed by atoms with E-state index in [1.54, 1.807) is 40.2 Å². The van der Waals surface area contributed by atoms with Crippen LogP contribution in [0.4, 0.5) is 0 Å². The van der Waals surface area contributed by atoms with E-state index in [1.807, 2.05) is 32.0 Å². The van der Waals surface area contributed by atoms with E-state index in [-0.39, 0.29) is 23.6 Å². The number of aromatic nitrogens is 3. The van der Waals surface area contributed by atoms with Crippen LogP contribution in [0, 0.1) is 0 Å². The third-order valence-corrected chi connectivity index (χ3v) is 5.11. The molecule has 0 saturated carbocycles. The van der Waals surface area contributed by atoms with Gasteiger partial charge in [0.15, 0.2) is 0 Å². The first-order valence-corrected chi connectivity index (χ1v) is 9.91. The predicted molar refractivity (Wildman–Crippen MR) is 110 cm³/mol. The van der Waals surface area contributed by atoms with Crippen molar-refractivity contribution < 1.29 is 9.53 Å². The molecule has 0 aliphatic carbocycles. The summed E-state index contributed by atoms with van der Waals surface area (Å²) in [5.41, 5.74) is 1.14. The Balaban J connectivity index is 1.53. The Kier molecular flexibility index (Phi) is 5.29. The van der Waals surface area contributed by atoms with Crippen molar-refractivity contribution in [2.24, 2.45) is 0 Å². The smallest absolute Gasteiger partial charge is 0.261 e. The van der Waals surface area contributed by atoms with E-state index in [4.69, 9.17) is 4.74 Å². The summed E-state index contributed by atoms with van der Waals surface area (Å²) in [5, 5.41) is 0.600. The third-order valence-electron chi connectivity index (χ3n) is 5.11. The van der Waals surface area contributed by atoms with Crippen LogP contribution in [0.25, 0.3) is 10.9 Å². The molecule has 1 fully saturated rings. The summed E-state index contributed by atoms with van der Waals surface area (Å²) < 4.78 is 7.20. The molecule has 1 saturated heterocycles. The van der Waals surface area contributed by atoms with Gasteiger partial charge in [-0.15, -0.1) is 0 Å². The second-order valence-electron chi connectivity index (χ2n) is 7.57. The molecule has 150 valence electrons. The summed E-state index contributed by atoms with van der Waals surface area (Å²) in [4.78, 5) is 36.3. The summed E-state index contributed by atoms with van der Waals surface area (Å²) in [6, 6.07) is 10.7. The number of para-hydroxylation sites is 1. The van der Waals surface area contributed by atoms with Gasteiger partial charge in [-0.25, -0.2) is 9.97 Å². The molecule has 3 aromatic rings. The second kappa shape index (κ2) is 8.03. The number of pyridine rings is 1. The van der Waals surface area contributed by atoms with Crippen LogP contribution in [0.5, 0.6) is 5.88 Å². The number of carbonyl (C=O) groups excluding carboxylic acids is 1. The van der Waals surface area contributed by atoms with Gasteiger partial charge in [0.25, 0.3) is 11.5 Å². The normalized spacial score (nSPS) is 16.9. The number of rotatable bonds is 4. The van der Waals surface area contributed by atoms with Crippen LogP contribution in [-0.2, 0) is 0 Å². The SMILES string of the molecule is CC(C)Oc1ccc(C(=O)N2CCC[C@@H](n3cnc4ccccc4c3=O)C2)cn1. The summed E-state index contributed by atoms with van der Waals surface area (Å²) in [6.07, 6.45) is 4.85. The molecule has 4 rings (SSSR count). The minimum atomic E-state index is -0.0891. The lowest BCUT2D eigenvalue weighted by Gasteiger charge is -2.33. The molecule has 7 heteroatoms. The Labute approximate surface area is 169 Å². The van der Waals surface area contributed by atoms with Gasteiger partial charge in [-0.05, 0) is 44.9 Å². The number of nitrogens with zero attached hydrogens (tertiary/aromatic N) is 4. The number of amides is 1. The predicted octanol–water partition coefficient (Wildman–Crippen LogP) is 3.06. The van der Waals surface area contributed by atoms with E-state index in [2.05, 4.69) is 9.97 Å². The summed E-state index contributed by atoms with van der Waals surface area (Å²) >= 11 is 0. The monoisotopic (exact) mass is 392 g/mol. The van der Waals surface area contributed by atoms with E-state index in [0.29, 0.717) is 35.4 Å². The van der Waals surface area contributed by atoms with Crippen molar-refractivity contribution in [1.82, 2.24) is 19.4 Å². The van der Waals surface area contributed by atoms with Crippen molar-refractivity contribution in [3.05, 3.63) is 64.8 Å². The first-order chi connectivity index (χ1) is 14.0. The van der Waals surface area contributed by atoms with E-state index in [9.17, 15) is 9.59 Å². The Hall–Kier alpha value is -3.22. The molecular weight excluding hydrogens is 368 g/mol. The number of carbonyl (C=O) groups is 1. The highest BCUT2D eigenvalue weighted by atomic mass is 16.5. The van der Waals surface area contributed by atoms with Gasteiger partial charge in [0.05, 0.1) is 34.9 Å². The molecule has 0 radical (unpaired) electrons. The highest BCUT2D eigenvalue weighted by Gasteiger charge is 2.26. The van der Waals surface area contributed by atoms with Crippen LogP contribution in [0.2, 0.25) is 0 Å². The largest absolute Gasteiger partial charge is 0.475 e. The number of likely N-dealkylation sites (tertiary alicyclic amines) is 1. The fourth-order valence-corrected chi connectivity index (χ4v) is 3.71. The van der Waals surface area contributed by atoms with Crippen LogP contribution in [0.1, 0.15) is 43.1 Å². The van der Waals surface area contributed by atoms with E-state index >= 15 is 0 Å². The van der Waals surface area contributed by atoms with Gasteiger partial charge in [-0.1, -0.05) is 12.1 Å². The van der Waals surface area contributed by atoms with E-state index < -0.39 is 0 Å². The highest BCUT2D eigenvalue weighted by Crippen LogP contribution is 2.22. The zero-order valence-electron chi connectivity index (χ0n) is 16.6. The van der Waals surface area contributed by atoms with Gasteiger partial charge < -0.3 is 9.64 Å². The van der Waals surface area contributed by atoms with E-state index in [1.165, 1.54) is 0 Å². The average molecular weight is 392 g/mol. The third kappa shape index (κ3) is 3.99. The fraction of sp³-hybridized carbons (Fsp3) is 0.364. The maximum Gasteiger partial charge on any atom is 0.261 e. The molecule has 7 nitrogen and oxygen atoms in total. The molecule has 0 N–H and O–H groups in total. The van der Waals surface area contributed by atoms with Crippen molar-refractivity contribution >= 4 is 16.8 Å². The number of benzene rings is 1. The summed E-state index contributed by atoms with van der Waals surface area (Å²) in [7, 11) is 0. The quantitative estimate of drug-likeness (QED) is 0.682. The van der Waals surface area contributed by atoms with Gasteiger partial charge in [0.1, 0.15) is 0 Å². The molecular formula is C22H24N4O3. The second-order valence-corrected chi connectivity index (χ2v) is 7.57. The Morgan fingerprint density at radius 2 is 2.00 bits per heavy atom. The molecule has 29 heavy (non-hydrogen) atoms. The number of piperidine rings is 1. The Morgan fingerprint density at radius 1 is 1.17 bits per heavy atom. The fourth-order valence-electron chi connectivity index (χ4n) is 3.71. The van der Waals surface area contributed by atoms with E-state index in [0.717, 1.165) is 12.8 Å². The maximum atomic E-state index is 12.9. The van der Waals surface area contributed by atoms with Crippen molar-refractivity contribution in [2.75, 3.05) is 13.1 Å². The molecule has 3 heterocycles. The topological polar surface area (TPSA) is 77.3 Å². The first-order valence-electron chi connectivity index (χ1n) is 9.91. The molecule has 2 aromatic heterocycles. The number of ether oxygens (including phenoxy) is 1. The van der Waals surface area contributed by atoms with Crippen molar-refractivity contribution in [3.8, 4) is 5.88 Å². The van der Waals surface area contributed by atoms with Crippen LogP contribution in [0.3, 0.4) is 0 Å². The van der Waals surface area contributed by atoms with Gasteiger partial charge in [-0.2, -0.15) is 0 Å². The van der Waals surface area contributed by atoms with Crippen molar-refractivity contribution in [3.63, 3.8) is 0 Å². The van der Waals surface area contributed by atoms with Crippen LogP contribution in [0.15, 0.2) is 53.7 Å². The Bertz CT molecular complexity index is 1080. The summed E-state index contributed by atoms with van der Waals surface area (Å²) in [6.45, 7) is 4.99. The van der Waals surface area contributed by atoms with Crippen molar-refractivity contribution in [1.29, 1.82) is 0 Å². The van der Waals surface area contributed by atoms with Gasteiger partial charge >= 0.3 is 0 Å². The minimum Gasteiger partial charge on any atom is -0.475 e. The number of fused-ring (bicyclic) bond motifs is 1. The molecule has 0 unspecified atom stereocenters. The molecule has 1 atom stereocenters. The standard InChI is InChI=1S/C22H24N4O3/c1-15(2)29-20-10-9-16(12-23-20)21(27)25-11-5-6-17(13-25)26-14-24-19-8-4-3-7-18(19)22(26)28/h3-4,7-10,12,14-15,17H,5-6,11,13H2,1-2H3/t17-/m1/s1. The molecule has 0 spiro atoms. The molecule has 1 amide bonds. The van der Waals surface area contributed by atoms with Gasteiger partial charge in [0.2, 0.25) is 5.88 Å². The average Bonchev–Trinajstić information content (AvgIpc) is 2.74. The molecule has 0 bridgehead atoms. The molecule has 1 aromatic carbocycles. The van der Waals surface area contributed by atoms with Crippen molar-refractivity contribution in [2.45, 2.75) is 38.8 Å². The van der Waals surface area contributed by atoms with Crippen LogP contribution >= 0.6 is 0 Å². The highest BCUT2D eigenvalue weighted by molar-refractivity contribution is 5.94. The number of hydrogen-bond donors (Lipinski definition) is 0. The maximum absolute atomic E-state index is 12.9. The lowest BCUT2D eigenvalue weighted by Crippen LogP contribution is -2.43.